The highest BCUT2D eigenvalue weighted by molar-refractivity contribution is 9.10. The summed E-state index contributed by atoms with van der Waals surface area (Å²) in [6, 6.07) is 6.66. The fraction of sp³-hybridized carbons (Fsp3) is 0.625. The molecule has 1 aliphatic heterocycles. The Morgan fingerprint density at radius 3 is 2.75 bits per heavy atom. The summed E-state index contributed by atoms with van der Waals surface area (Å²) >= 11 is 3.68. The van der Waals surface area contributed by atoms with Gasteiger partial charge in [-0.25, -0.2) is 0 Å². The van der Waals surface area contributed by atoms with Crippen LogP contribution in [0.2, 0.25) is 0 Å². The van der Waals surface area contributed by atoms with Crippen molar-refractivity contribution in [2.24, 2.45) is 5.92 Å². The van der Waals surface area contributed by atoms with E-state index in [0.717, 1.165) is 38.8 Å². The summed E-state index contributed by atoms with van der Waals surface area (Å²) in [6.07, 6.45) is 2.37. The average Bonchev–Trinajstić information content (AvgIpc) is 2.47. The topological polar surface area (TPSA) is 24.5 Å². The number of nitrogens with one attached hydrogen (secondary N) is 1. The standard InChI is InChI=1S/C16H25BrN2O/c1-3-18-11-14-4-5-15(10-16(14)17)19(2)12-13-6-8-20-9-7-13/h4-5,10,13,18H,3,6-9,11-12H2,1-2H3. The molecule has 1 heterocycles. The van der Waals surface area contributed by atoms with Crippen molar-refractivity contribution in [3.63, 3.8) is 0 Å². The highest BCUT2D eigenvalue weighted by Gasteiger charge is 2.16. The quantitative estimate of drug-likeness (QED) is 0.858. The van der Waals surface area contributed by atoms with Crippen LogP contribution in [0.1, 0.15) is 25.3 Å². The van der Waals surface area contributed by atoms with Crippen LogP contribution in [0.25, 0.3) is 0 Å². The van der Waals surface area contributed by atoms with E-state index >= 15 is 0 Å². The third kappa shape index (κ3) is 4.47. The zero-order valence-electron chi connectivity index (χ0n) is 12.5. The molecule has 0 amide bonds. The van der Waals surface area contributed by atoms with Crippen LogP contribution in [0.3, 0.4) is 0 Å². The van der Waals surface area contributed by atoms with Gasteiger partial charge < -0.3 is 15.0 Å². The van der Waals surface area contributed by atoms with Gasteiger partial charge in [0, 0.05) is 43.5 Å². The van der Waals surface area contributed by atoms with Gasteiger partial charge in [0.25, 0.3) is 0 Å². The van der Waals surface area contributed by atoms with E-state index in [0.29, 0.717) is 0 Å². The molecule has 112 valence electrons. The molecule has 1 saturated heterocycles. The van der Waals surface area contributed by atoms with Crippen molar-refractivity contribution in [3.8, 4) is 0 Å². The van der Waals surface area contributed by atoms with E-state index in [4.69, 9.17) is 4.74 Å². The van der Waals surface area contributed by atoms with E-state index in [-0.39, 0.29) is 0 Å². The number of ether oxygens (including phenoxy) is 1. The summed E-state index contributed by atoms with van der Waals surface area (Å²) < 4.78 is 6.62. The first kappa shape index (κ1) is 15.8. The van der Waals surface area contributed by atoms with Gasteiger partial charge in [-0.3, -0.25) is 0 Å². The van der Waals surface area contributed by atoms with E-state index in [1.807, 2.05) is 0 Å². The van der Waals surface area contributed by atoms with Crippen molar-refractivity contribution < 1.29 is 4.74 Å². The predicted octanol–water partition coefficient (Wildman–Crippen LogP) is 3.42. The number of hydrogen-bond acceptors (Lipinski definition) is 3. The van der Waals surface area contributed by atoms with Crippen LogP contribution in [0, 0.1) is 5.92 Å². The monoisotopic (exact) mass is 340 g/mol. The van der Waals surface area contributed by atoms with Crippen molar-refractivity contribution >= 4 is 21.6 Å². The number of hydrogen-bond donors (Lipinski definition) is 1. The molecule has 4 heteroatoms. The zero-order valence-corrected chi connectivity index (χ0v) is 14.1. The summed E-state index contributed by atoms with van der Waals surface area (Å²) in [5.74, 6) is 0.758. The van der Waals surface area contributed by atoms with Crippen LogP contribution in [0.15, 0.2) is 22.7 Å². The summed E-state index contributed by atoms with van der Waals surface area (Å²) in [4.78, 5) is 2.36. The fourth-order valence-electron chi connectivity index (χ4n) is 2.60. The van der Waals surface area contributed by atoms with Crippen LogP contribution in [-0.4, -0.2) is 33.4 Å². The van der Waals surface area contributed by atoms with Gasteiger partial charge in [0.05, 0.1) is 0 Å². The highest BCUT2D eigenvalue weighted by Crippen LogP contribution is 2.25. The third-order valence-corrected chi connectivity index (χ3v) is 4.65. The van der Waals surface area contributed by atoms with Gasteiger partial charge >= 0.3 is 0 Å². The Morgan fingerprint density at radius 1 is 1.35 bits per heavy atom. The molecule has 1 aromatic carbocycles. The van der Waals surface area contributed by atoms with Gasteiger partial charge in [-0.2, -0.15) is 0 Å². The van der Waals surface area contributed by atoms with Crippen LogP contribution in [0.5, 0.6) is 0 Å². The van der Waals surface area contributed by atoms with Crippen LogP contribution in [0.4, 0.5) is 5.69 Å². The first-order chi connectivity index (χ1) is 9.70. The van der Waals surface area contributed by atoms with Crippen molar-refractivity contribution in [2.75, 3.05) is 38.3 Å². The first-order valence-electron chi connectivity index (χ1n) is 7.48. The lowest BCUT2D eigenvalue weighted by molar-refractivity contribution is 0.0685. The van der Waals surface area contributed by atoms with Crippen molar-refractivity contribution in [3.05, 3.63) is 28.2 Å². The molecule has 1 N–H and O–H groups in total. The number of rotatable bonds is 6. The third-order valence-electron chi connectivity index (χ3n) is 3.92. The lowest BCUT2D eigenvalue weighted by atomic mass is 9.99. The molecule has 0 aliphatic carbocycles. The molecule has 1 aromatic rings. The first-order valence-corrected chi connectivity index (χ1v) is 8.28. The van der Waals surface area contributed by atoms with E-state index in [2.05, 4.69) is 58.3 Å². The minimum absolute atomic E-state index is 0.758. The molecule has 20 heavy (non-hydrogen) atoms. The molecule has 0 radical (unpaired) electrons. The molecule has 0 aromatic heterocycles. The van der Waals surface area contributed by atoms with Gasteiger partial charge in [-0.1, -0.05) is 28.9 Å². The number of benzene rings is 1. The second-order valence-electron chi connectivity index (χ2n) is 5.49. The number of nitrogens with zero attached hydrogens (tertiary/aromatic N) is 1. The molecular formula is C16H25BrN2O. The van der Waals surface area contributed by atoms with Gasteiger partial charge in [0.1, 0.15) is 0 Å². The number of halogens is 1. The minimum Gasteiger partial charge on any atom is -0.381 e. The molecule has 2 rings (SSSR count). The largest absolute Gasteiger partial charge is 0.381 e. The Morgan fingerprint density at radius 2 is 2.10 bits per heavy atom. The number of anilines is 1. The van der Waals surface area contributed by atoms with Crippen molar-refractivity contribution in [2.45, 2.75) is 26.3 Å². The van der Waals surface area contributed by atoms with Crippen molar-refractivity contribution in [1.29, 1.82) is 0 Å². The minimum atomic E-state index is 0.758. The molecule has 0 saturated carbocycles. The summed E-state index contributed by atoms with van der Waals surface area (Å²) in [7, 11) is 2.18. The predicted molar refractivity (Wildman–Crippen MR) is 88.3 cm³/mol. The lowest BCUT2D eigenvalue weighted by Crippen LogP contribution is -2.29. The maximum Gasteiger partial charge on any atom is 0.0469 e. The van der Waals surface area contributed by atoms with E-state index < -0.39 is 0 Å². The molecule has 1 aliphatic rings. The lowest BCUT2D eigenvalue weighted by Gasteiger charge is -2.28. The smallest absolute Gasteiger partial charge is 0.0469 e. The highest BCUT2D eigenvalue weighted by atomic mass is 79.9. The molecule has 0 unspecified atom stereocenters. The Hall–Kier alpha value is -0.580. The SMILES string of the molecule is CCNCc1ccc(N(C)CC2CCOCC2)cc1Br. The van der Waals surface area contributed by atoms with Crippen LogP contribution in [-0.2, 0) is 11.3 Å². The van der Waals surface area contributed by atoms with Gasteiger partial charge in [-0.05, 0) is 43.0 Å². The Labute approximate surface area is 130 Å². The van der Waals surface area contributed by atoms with Gasteiger partial charge in [-0.15, -0.1) is 0 Å². The summed E-state index contributed by atoms with van der Waals surface area (Å²) in [6.45, 7) is 7.00. The normalized spacial score (nSPS) is 16.4. The molecule has 1 fully saturated rings. The molecule has 0 spiro atoms. The van der Waals surface area contributed by atoms with E-state index in [1.54, 1.807) is 0 Å². The second kappa shape index (κ2) is 8.01. The Balaban J connectivity index is 1.95. The second-order valence-corrected chi connectivity index (χ2v) is 6.35. The maximum atomic E-state index is 5.43. The van der Waals surface area contributed by atoms with Gasteiger partial charge in [0.15, 0.2) is 0 Å². The average molecular weight is 341 g/mol. The molecule has 3 nitrogen and oxygen atoms in total. The van der Waals surface area contributed by atoms with Crippen LogP contribution >= 0.6 is 15.9 Å². The van der Waals surface area contributed by atoms with Crippen molar-refractivity contribution in [1.82, 2.24) is 5.32 Å². The fourth-order valence-corrected chi connectivity index (χ4v) is 3.11. The van der Waals surface area contributed by atoms with E-state index in [1.165, 1.54) is 28.6 Å². The van der Waals surface area contributed by atoms with E-state index in [9.17, 15) is 0 Å². The maximum absolute atomic E-state index is 5.43. The van der Waals surface area contributed by atoms with Gasteiger partial charge in [0.2, 0.25) is 0 Å². The molecule has 0 atom stereocenters. The molecule has 0 bridgehead atoms. The summed E-state index contributed by atoms with van der Waals surface area (Å²) in [5.41, 5.74) is 2.60. The van der Waals surface area contributed by atoms with Crippen LogP contribution < -0.4 is 10.2 Å². The zero-order chi connectivity index (χ0) is 14.4. The summed E-state index contributed by atoms with van der Waals surface area (Å²) in [5, 5.41) is 3.36. The molecular weight excluding hydrogens is 316 g/mol. The Bertz CT molecular complexity index is 419. The Kier molecular flexibility index (Phi) is 6.33.